The number of aromatic nitrogens is 4. The third kappa shape index (κ3) is 4.30. The van der Waals surface area contributed by atoms with Crippen molar-refractivity contribution in [3.05, 3.63) is 52.0 Å². The van der Waals surface area contributed by atoms with Crippen molar-refractivity contribution in [1.82, 2.24) is 25.3 Å². The first-order chi connectivity index (χ1) is 14.4. The van der Waals surface area contributed by atoms with E-state index in [2.05, 4.69) is 20.6 Å². The van der Waals surface area contributed by atoms with Crippen LogP contribution in [-0.4, -0.2) is 51.2 Å². The van der Waals surface area contributed by atoms with Crippen LogP contribution >= 0.6 is 11.3 Å². The first kappa shape index (κ1) is 20.0. The van der Waals surface area contributed by atoms with Crippen molar-refractivity contribution < 1.29 is 18.7 Å². The number of carbonyl (C=O) groups excluding carboxylic acids is 2. The van der Waals surface area contributed by atoms with E-state index in [4.69, 9.17) is 4.74 Å². The van der Waals surface area contributed by atoms with Crippen LogP contribution in [0.15, 0.2) is 29.8 Å². The Morgan fingerprint density at radius 3 is 2.97 bits per heavy atom. The summed E-state index contributed by atoms with van der Waals surface area (Å²) in [4.78, 5) is 28.9. The molecule has 30 heavy (non-hydrogen) atoms. The number of hydrogen-bond acceptors (Lipinski definition) is 7. The highest BCUT2D eigenvalue weighted by Crippen LogP contribution is 2.25. The Labute approximate surface area is 175 Å². The second kappa shape index (κ2) is 8.19. The maximum atomic E-state index is 14.8. The number of nitrogens with zero attached hydrogens (tertiary/aromatic N) is 5. The van der Waals surface area contributed by atoms with Crippen LogP contribution in [0.3, 0.4) is 0 Å². The zero-order valence-electron chi connectivity index (χ0n) is 16.3. The van der Waals surface area contributed by atoms with Crippen molar-refractivity contribution >= 4 is 29.0 Å². The van der Waals surface area contributed by atoms with Gasteiger partial charge in [-0.2, -0.15) is 0 Å². The third-order valence-electron chi connectivity index (χ3n) is 4.48. The monoisotopic (exact) mass is 430 g/mol. The number of benzene rings is 1. The standard InChI is InChI=1S/C19H19FN6O3S/c1-11-10-30-18(22-11)5-13-8-26(24-23-13)17-4-3-14(6-16(17)20)25-9-15(29-19(25)28)7-21-12(2)27/h3-4,6,8,10,15H,5,7,9H2,1-2H3,(H,21,27)/t15-/m0/s1. The fourth-order valence-electron chi connectivity index (χ4n) is 3.08. The second-order valence-corrected chi connectivity index (χ2v) is 7.85. The van der Waals surface area contributed by atoms with Crippen molar-refractivity contribution in [2.45, 2.75) is 26.4 Å². The van der Waals surface area contributed by atoms with E-state index in [1.807, 2.05) is 12.3 Å². The lowest BCUT2D eigenvalue weighted by molar-refractivity contribution is -0.119. The zero-order valence-corrected chi connectivity index (χ0v) is 17.1. The summed E-state index contributed by atoms with van der Waals surface area (Å²) in [6.45, 7) is 3.74. The molecule has 4 rings (SSSR count). The maximum Gasteiger partial charge on any atom is 0.414 e. The molecule has 2 aromatic heterocycles. The van der Waals surface area contributed by atoms with Crippen molar-refractivity contribution in [2.24, 2.45) is 0 Å². The smallest absolute Gasteiger partial charge is 0.414 e. The molecule has 0 spiro atoms. The van der Waals surface area contributed by atoms with Crippen molar-refractivity contribution in [3.8, 4) is 5.69 Å². The molecule has 1 atom stereocenters. The first-order valence-corrected chi connectivity index (χ1v) is 10.1. The topological polar surface area (TPSA) is 102 Å². The van der Waals surface area contributed by atoms with E-state index in [1.54, 1.807) is 12.3 Å². The number of anilines is 1. The maximum absolute atomic E-state index is 14.8. The summed E-state index contributed by atoms with van der Waals surface area (Å²) in [6, 6.07) is 4.40. The predicted molar refractivity (Wildman–Crippen MR) is 107 cm³/mol. The van der Waals surface area contributed by atoms with Crippen LogP contribution in [0.1, 0.15) is 23.3 Å². The molecule has 1 aliphatic rings. The molecular weight excluding hydrogens is 411 g/mol. The minimum absolute atomic E-state index is 0.207. The molecule has 0 aliphatic carbocycles. The number of cyclic esters (lactones) is 1. The first-order valence-electron chi connectivity index (χ1n) is 9.24. The Balaban J connectivity index is 1.47. The Kier molecular flexibility index (Phi) is 5.44. The fourth-order valence-corrected chi connectivity index (χ4v) is 3.87. The molecule has 0 unspecified atom stereocenters. The number of carbonyl (C=O) groups is 2. The van der Waals surface area contributed by atoms with Crippen LogP contribution in [0.4, 0.5) is 14.9 Å². The van der Waals surface area contributed by atoms with Gasteiger partial charge in [0.05, 0.1) is 35.7 Å². The number of amides is 2. The molecule has 1 N–H and O–H groups in total. The molecule has 3 aromatic rings. The van der Waals surface area contributed by atoms with E-state index in [1.165, 1.54) is 40.0 Å². The average molecular weight is 430 g/mol. The predicted octanol–water partition coefficient (Wildman–Crippen LogP) is 2.22. The SMILES string of the molecule is CC(=O)NC[C@H]1CN(c2ccc(-n3cc(Cc4nc(C)cs4)nn3)c(F)c2)C(=O)O1. The Hall–Kier alpha value is -3.34. The summed E-state index contributed by atoms with van der Waals surface area (Å²) in [5.74, 6) is -0.760. The Bertz CT molecular complexity index is 1100. The molecule has 156 valence electrons. The molecule has 3 heterocycles. The van der Waals surface area contributed by atoms with Crippen molar-refractivity contribution in [1.29, 1.82) is 0 Å². The molecule has 1 saturated heterocycles. The van der Waals surface area contributed by atoms with Gasteiger partial charge in [0.25, 0.3) is 0 Å². The van der Waals surface area contributed by atoms with E-state index >= 15 is 0 Å². The van der Waals surface area contributed by atoms with Gasteiger partial charge in [-0.1, -0.05) is 5.21 Å². The van der Waals surface area contributed by atoms with Gasteiger partial charge in [0.2, 0.25) is 5.91 Å². The van der Waals surface area contributed by atoms with E-state index < -0.39 is 18.0 Å². The van der Waals surface area contributed by atoms with E-state index in [9.17, 15) is 14.0 Å². The molecule has 0 bridgehead atoms. The van der Waals surface area contributed by atoms with Gasteiger partial charge in [-0.15, -0.1) is 16.4 Å². The van der Waals surface area contributed by atoms with Crippen LogP contribution in [0.2, 0.25) is 0 Å². The lowest BCUT2D eigenvalue weighted by atomic mass is 10.2. The van der Waals surface area contributed by atoms with Crippen LogP contribution in [0.5, 0.6) is 0 Å². The van der Waals surface area contributed by atoms with Gasteiger partial charge in [0.15, 0.2) is 5.82 Å². The zero-order chi connectivity index (χ0) is 21.3. The van der Waals surface area contributed by atoms with E-state index in [-0.39, 0.29) is 24.7 Å². The summed E-state index contributed by atoms with van der Waals surface area (Å²) in [7, 11) is 0. The molecular formula is C19H19FN6O3S. The summed E-state index contributed by atoms with van der Waals surface area (Å²) >= 11 is 1.54. The Morgan fingerprint density at radius 1 is 1.43 bits per heavy atom. The van der Waals surface area contributed by atoms with Crippen molar-refractivity contribution in [3.63, 3.8) is 0 Å². The van der Waals surface area contributed by atoms with Gasteiger partial charge in [-0.25, -0.2) is 18.9 Å². The van der Waals surface area contributed by atoms with Crippen LogP contribution in [0.25, 0.3) is 5.69 Å². The normalized spacial score (nSPS) is 16.0. The van der Waals surface area contributed by atoms with Crippen molar-refractivity contribution in [2.75, 3.05) is 18.0 Å². The summed E-state index contributed by atoms with van der Waals surface area (Å²) in [5, 5.41) is 13.6. The quantitative estimate of drug-likeness (QED) is 0.643. The molecule has 2 amide bonds. The van der Waals surface area contributed by atoms with Gasteiger partial charge < -0.3 is 10.1 Å². The lowest BCUT2D eigenvalue weighted by Crippen LogP contribution is -2.33. The second-order valence-electron chi connectivity index (χ2n) is 6.90. The highest BCUT2D eigenvalue weighted by molar-refractivity contribution is 7.09. The third-order valence-corrected chi connectivity index (χ3v) is 5.45. The number of halogens is 1. The van der Waals surface area contributed by atoms with E-state index in [0.717, 1.165) is 10.7 Å². The summed E-state index contributed by atoms with van der Waals surface area (Å²) in [6.07, 6.45) is 1.10. The number of hydrogen-bond donors (Lipinski definition) is 1. The number of aryl methyl sites for hydroxylation is 1. The Morgan fingerprint density at radius 2 is 2.27 bits per heavy atom. The number of thiazole rings is 1. The summed E-state index contributed by atoms with van der Waals surface area (Å²) in [5.41, 5.74) is 2.21. The van der Waals surface area contributed by atoms with Crippen LogP contribution in [-0.2, 0) is 16.0 Å². The van der Waals surface area contributed by atoms with Gasteiger partial charge in [0, 0.05) is 24.4 Å². The molecule has 1 aromatic carbocycles. The number of nitrogens with one attached hydrogen (secondary N) is 1. The highest BCUT2D eigenvalue weighted by Gasteiger charge is 2.32. The van der Waals surface area contributed by atoms with Crippen LogP contribution in [0, 0.1) is 12.7 Å². The highest BCUT2D eigenvalue weighted by atomic mass is 32.1. The fraction of sp³-hybridized carbons (Fsp3) is 0.316. The molecule has 9 nitrogen and oxygen atoms in total. The molecule has 1 aliphatic heterocycles. The van der Waals surface area contributed by atoms with Gasteiger partial charge in [0.1, 0.15) is 11.8 Å². The number of ether oxygens (including phenoxy) is 1. The average Bonchev–Trinajstić information content (AvgIpc) is 3.41. The largest absolute Gasteiger partial charge is 0.442 e. The minimum atomic E-state index is -0.584. The minimum Gasteiger partial charge on any atom is -0.442 e. The van der Waals surface area contributed by atoms with Gasteiger partial charge in [-0.3, -0.25) is 9.69 Å². The van der Waals surface area contributed by atoms with Crippen LogP contribution < -0.4 is 10.2 Å². The molecule has 1 fully saturated rings. The lowest BCUT2D eigenvalue weighted by Gasteiger charge is -2.14. The van der Waals surface area contributed by atoms with Gasteiger partial charge >= 0.3 is 6.09 Å². The molecule has 11 heteroatoms. The molecule has 0 radical (unpaired) electrons. The number of rotatable bonds is 6. The van der Waals surface area contributed by atoms with E-state index in [0.29, 0.717) is 17.8 Å². The van der Waals surface area contributed by atoms with Gasteiger partial charge in [-0.05, 0) is 25.1 Å². The molecule has 0 saturated carbocycles. The summed E-state index contributed by atoms with van der Waals surface area (Å²) < 4.78 is 21.3.